The van der Waals surface area contributed by atoms with Gasteiger partial charge in [-0.2, -0.15) is 0 Å². The zero-order valence-electron chi connectivity index (χ0n) is 9.21. The molecule has 3 unspecified atom stereocenters. The minimum atomic E-state index is -0.0562. The molecule has 2 bridgehead atoms. The number of ether oxygens (including phenoxy) is 1. The Labute approximate surface area is 85.1 Å². The van der Waals surface area contributed by atoms with Crippen LogP contribution in [0.3, 0.4) is 0 Å². The maximum absolute atomic E-state index is 9.01. The van der Waals surface area contributed by atoms with Crippen molar-refractivity contribution < 1.29 is 9.94 Å². The quantitative estimate of drug-likeness (QED) is 0.518. The fraction of sp³-hybridized carbons (Fsp3) is 0.909. The van der Waals surface area contributed by atoms with Gasteiger partial charge < -0.3 is 9.94 Å². The molecular weight excluding hydrogens is 178 g/mol. The van der Waals surface area contributed by atoms with E-state index < -0.39 is 0 Å². The van der Waals surface area contributed by atoms with Crippen LogP contribution in [0, 0.1) is 11.3 Å². The molecule has 0 amide bonds. The van der Waals surface area contributed by atoms with Crippen LogP contribution in [0.1, 0.15) is 39.5 Å². The summed E-state index contributed by atoms with van der Waals surface area (Å²) < 4.78 is 5.66. The first kappa shape index (κ1) is 9.97. The highest BCUT2D eigenvalue weighted by molar-refractivity contribution is 5.92. The fourth-order valence-corrected chi connectivity index (χ4v) is 3.25. The van der Waals surface area contributed by atoms with Crippen molar-refractivity contribution in [2.24, 2.45) is 16.5 Å². The summed E-state index contributed by atoms with van der Waals surface area (Å²) in [6.45, 7) is 4.45. The van der Waals surface area contributed by atoms with E-state index >= 15 is 0 Å². The van der Waals surface area contributed by atoms with Gasteiger partial charge >= 0.3 is 0 Å². The fourth-order valence-electron chi connectivity index (χ4n) is 3.25. The lowest BCUT2D eigenvalue weighted by Crippen LogP contribution is -2.56. The molecule has 3 rings (SSSR count). The molecule has 0 aromatic heterocycles. The second kappa shape index (κ2) is 2.96. The number of oxime groups is 1. The molecule has 1 N–H and O–H groups in total. The molecule has 0 spiro atoms. The summed E-state index contributed by atoms with van der Waals surface area (Å²) in [6.07, 6.45) is 4.07. The third kappa shape index (κ3) is 1.11. The van der Waals surface area contributed by atoms with Gasteiger partial charge in [0, 0.05) is 18.9 Å². The lowest BCUT2D eigenvalue weighted by molar-refractivity contribution is -0.106. The summed E-state index contributed by atoms with van der Waals surface area (Å²) in [6, 6.07) is 0. The molecule has 3 fully saturated rings. The number of hydrogen-bond donors (Lipinski definition) is 1. The van der Waals surface area contributed by atoms with Gasteiger partial charge in [-0.25, -0.2) is 0 Å². The van der Waals surface area contributed by atoms with Crippen LogP contribution in [0.4, 0.5) is 0 Å². The molecule has 3 heteroatoms. The highest BCUT2D eigenvalue weighted by Gasteiger charge is 2.54. The monoisotopic (exact) mass is 197 g/mol. The van der Waals surface area contributed by atoms with Crippen LogP contribution in [0.25, 0.3) is 0 Å². The lowest BCUT2D eigenvalue weighted by Gasteiger charge is -2.55. The number of nitrogens with zero attached hydrogens (tertiary/aromatic N) is 1. The smallest absolute Gasteiger partial charge is 0.0758 e. The maximum atomic E-state index is 9.01. The van der Waals surface area contributed by atoms with Crippen molar-refractivity contribution in [1.29, 1.82) is 0 Å². The first-order valence-corrected chi connectivity index (χ1v) is 5.33. The van der Waals surface area contributed by atoms with Crippen LogP contribution < -0.4 is 0 Å². The number of rotatable bonds is 1. The molecule has 0 aromatic carbocycles. The third-order valence-electron chi connectivity index (χ3n) is 4.45. The SMILES string of the molecule is COC12CCC(C)(CC1C)/C(=N\O)C2. The van der Waals surface area contributed by atoms with E-state index in [-0.39, 0.29) is 11.0 Å². The Morgan fingerprint density at radius 2 is 2.21 bits per heavy atom. The first-order chi connectivity index (χ1) is 6.56. The van der Waals surface area contributed by atoms with Crippen molar-refractivity contribution in [2.45, 2.75) is 45.1 Å². The summed E-state index contributed by atoms with van der Waals surface area (Å²) in [5.74, 6) is 0.566. The Bertz CT molecular complexity index is 276. The van der Waals surface area contributed by atoms with Gasteiger partial charge in [0.2, 0.25) is 0 Å². The van der Waals surface area contributed by atoms with Crippen LogP contribution in [-0.2, 0) is 4.74 Å². The zero-order chi connectivity index (χ0) is 10.4. The molecule has 0 heterocycles. The van der Waals surface area contributed by atoms with Gasteiger partial charge in [-0.15, -0.1) is 0 Å². The van der Waals surface area contributed by atoms with Gasteiger partial charge in [0.1, 0.15) is 0 Å². The zero-order valence-corrected chi connectivity index (χ0v) is 9.21. The van der Waals surface area contributed by atoms with Crippen LogP contribution in [0.5, 0.6) is 0 Å². The van der Waals surface area contributed by atoms with Crippen LogP contribution in [0.15, 0.2) is 5.16 Å². The van der Waals surface area contributed by atoms with Crippen molar-refractivity contribution in [3.8, 4) is 0 Å². The Morgan fingerprint density at radius 3 is 2.71 bits per heavy atom. The van der Waals surface area contributed by atoms with Crippen molar-refractivity contribution in [1.82, 2.24) is 0 Å². The van der Waals surface area contributed by atoms with E-state index in [1.165, 1.54) is 0 Å². The van der Waals surface area contributed by atoms with Crippen molar-refractivity contribution in [2.75, 3.05) is 7.11 Å². The Morgan fingerprint density at radius 1 is 1.50 bits per heavy atom. The van der Waals surface area contributed by atoms with Gasteiger partial charge in [0.25, 0.3) is 0 Å². The van der Waals surface area contributed by atoms with Crippen molar-refractivity contribution in [3.63, 3.8) is 0 Å². The van der Waals surface area contributed by atoms with E-state index in [9.17, 15) is 0 Å². The summed E-state index contributed by atoms with van der Waals surface area (Å²) in [5.41, 5.74) is 0.997. The Kier molecular flexibility index (Phi) is 2.11. The highest BCUT2D eigenvalue weighted by atomic mass is 16.5. The second-order valence-electron chi connectivity index (χ2n) is 5.16. The summed E-state index contributed by atoms with van der Waals surface area (Å²) in [4.78, 5) is 0. The van der Waals surface area contributed by atoms with Crippen LogP contribution >= 0.6 is 0 Å². The molecule has 3 atom stereocenters. The summed E-state index contributed by atoms with van der Waals surface area (Å²) in [7, 11) is 1.78. The molecule has 14 heavy (non-hydrogen) atoms. The standard InChI is InChI=1S/C11H19NO2/c1-8-6-10(2)4-5-11(8,14-3)7-9(10)12-13/h8,13H,4-7H2,1-3H3/b12-9-. The van der Waals surface area contributed by atoms with Gasteiger partial charge in [0.05, 0.1) is 11.3 Å². The average Bonchev–Trinajstić information content (AvgIpc) is 2.18. The minimum Gasteiger partial charge on any atom is -0.411 e. The summed E-state index contributed by atoms with van der Waals surface area (Å²) in [5, 5.41) is 12.5. The van der Waals surface area contributed by atoms with Gasteiger partial charge in [0.15, 0.2) is 0 Å². The molecule has 80 valence electrons. The van der Waals surface area contributed by atoms with E-state index in [0.717, 1.165) is 31.4 Å². The molecule has 3 nitrogen and oxygen atoms in total. The van der Waals surface area contributed by atoms with Gasteiger partial charge in [-0.1, -0.05) is 19.0 Å². The number of fused-ring (bicyclic) bond motifs is 3. The third-order valence-corrected chi connectivity index (χ3v) is 4.45. The predicted molar refractivity (Wildman–Crippen MR) is 54.7 cm³/mol. The molecule has 0 aliphatic heterocycles. The van der Waals surface area contributed by atoms with E-state index in [0.29, 0.717) is 5.92 Å². The lowest BCUT2D eigenvalue weighted by atomic mass is 9.54. The van der Waals surface area contributed by atoms with E-state index in [1.54, 1.807) is 7.11 Å². The van der Waals surface area contributed by atoms with E-state index in [2.05, 4.69) is 19.0 Å². The minimum absolute atomic E-state index is 0.0562. The number of methoxy groups -OCH3 is 1. The predicted octanol–water partition coefficient (Wildman–Crippen LogP) is 2.43. The van der Waals surface area contributed by atoms with E-state index in [1.807, 2.05) is 0 Å². The Hall–Kier alpha value is -0.570. The Balaban J connectivity index is 2.35. The van der Waals surface area contributed by atoms with E-state index in [4.69, 9.17) is 9.94 Å². The van der Waals surface area contributed by atoms with Crippen LogP contribution in [0.2, 0.25) is 0 Å². The van der Waals surface area contributed by atoms with Crippen LogP contribution in [-0.4, -0.2) is 23.6 Å². The molecule has 0 aromatic rings. The maximum Gasteiger partial charge on any atom is 0.0758 e. The largest absolute Gasteiger partial charge is 0.411 e. The molecule has 3 aliphatic rings. The average molecular weight is 197 g/mol. The summed E-state index contributed by atoms with van der Waals surface area (Å²) >= 11 is 0. The van der Waals surface area contributed by atoms with Gasteiger partial charge in [-0.3, -0.25) is 0 Å². The number of hydrogen-bond acceptors (Lipinski definition) is 3. The molecule has 0 saturated heterocycles. The first-order valence-electron chi connectivity index (χ1n) is 5.33. The normalized spacial score (nSPS) is 49.9. The topological polar surface area (TPSA) is 41.8 Å². The molecule has 0 radical (unpaired) electrons. The second-order valence-corrected chi connectivity index (χ2v) is 5.16. The van der Waals surface area contributed by atoms with Crippen molar-refractivity contribution >= 4 is 5.71 Å². The molecule has 3 saturated carbocycles. The molecular formula is C11H19NO2. The van der Waals surface area contributed by atoms with Crippen molar-refractivity contribution in [3.05, 3.63) is 0 Å². The molecule has 3 aliphatic carbocycles. The van der Waals surface area contributed by atoms with Gasteiger partial charge in [-0.05, 0) is 25.2 Å². The highest BCUT2D eigenvalue weighted by Crippen LogP contribution is 2.54.